The average Bonchev–Trinajstić information content (AvgIpc) is 3.70. The maximum Gasteiger partial charge on any atom is 0.224 e. The van der Waals surface area contributed by atoms with Crippen LogP contribution < -0.4 is 4.90 Å². The summed E-state index contributed by atoms with van der Waals surface area (Å²) in [6.07, 6.45) is 10.5. The van der Waals surface area contributed by atoms with Crippen molar-refractivity contribution in [2.45, 2.75) is 105 Å². The fraction of sp³-hybridized carbons (Fsp3) is 0.588. The molecule has 5 unspecified atom stereocenters. The number of nitrogens with zero attached hydrogens (tertiary/aromatic N) is 2. The summed E-state index contributed by atoms with van der Waals surface area (Å²) in [6, 6.07) is 13.7. The van der Waals surface area contributed by atoms with Crippen LogP contribution in [0.15, 0.2) is 42.5 Å². The summed E-state index contributed by atoms with van der Waals surface area (Å²) in [7, 11) is 0. The SMILES string of the molecule is CCCC(=CCC(C)CC)c1ccc2c(c1)C(C(C)Cc1cccc(C)n1)C(C)C(C1CC1)N2C(C)=O. The molecule has 200 valence electrons. The number of rotatable bonds is 10. The van der Waals surface area contributed by atoms with Gasteiger partial charge in [0.15, 0.2) is 0 Å². The predicted octanol–water partition coefficient (Wildman–Crippen LogP) is 8.75. The van der Waals surface area contributed by atoms with Crippen LogP contribution in [0.5, 0.6) is 0 Å². The van der Waals surface area contributed by atoms with Gasteiger partial charge in [0.1, 0.15) is 0 Å². The van der Waals surface area contributed by atoms with E-state index in [9.17, 15) is 4.79 Å². The number of aromatic nitrogens is 1. The smallest absolute Gasteiger partial charge is 0.224 e. The molecule has 3 nitrogen and oxygen atoms in total. The first-order chi connectivity index (χ1) is 17.7. The Bertz CT molecular complexity index is 1110. The summed E-state index contributed by atoms with van der Waals surface area (Å²) in [5, 5.41) is 0. The molecule has 1 amide bonds. The Morgan fingerprint density at radius 2 is 1.92 bits per heavy atom. The van der Waals surface area contributed by atoms with E-state index < -0.39 is 0 Å². The van der Waals surface area contributed by atoms with Crippen molar-refractivity contribution < 1.29 is 4.79 Å². The number of allylic oxidation sites excluding steroid dienone is 2. The quantitative estimate of drug-likeness (QED) is 0.327. The van der Waals surface area contributed by atoms with E-state index >= 15 is 0 Å². The van der Waals surface area contributed by atoms with Crippen molar-refractivity contribution in [1.82, 2.24) is 4.98 Å². The molecule has 1 fully saturated rings. The zero-order chi connectivity index (χ0) is 26.7. The molecule has 2 heterocycles. The van der Waals surface area contributed by atoms with Crippen LogP contribution in [-0.4, -0.2) is 16.9 Å². The molecule has 1 aliphatic carbocycles. The fourth-order valence-electron chi connectivity index (χ4n) is 6.73. The molecule has 1 aromatic carbocycles. The topological polar surface area (TPSA) is 33.2 Å². The summed E-state index contributed by atoms with van der Waals surface area (Å²) in [5.41, 5.74) is 7.58. The van der Waals surface area contributed by atoms with Crippen LogP contribution >= 0.6 is 0 Å². The highest BCUT2D eigenvalue weighted by Gasteiger charge is 2.48. The number of fused-ring (bicyclic) bond motifs is 1. The molecule has 1 aliphatic heterocycles. The molecular weight excluding hydrogens is 452 g/mol. The van der Waals surface area contributed by atoms with Gasteiger partial charge >= 0.3 is 0 Å². The standard InChI is InChI=1S/C34H48N2O/c1-8-11-27(15-14-22(3)9-2)29-18-19-32-31(21-29)33(23(4)20-30-13-10-12-24(5)35-30)25(6)34(28-16-17-28)36(32)26(7)37/h10,12-13,15,18-19,21-23,25,28,33-34H,8-9,11,14,16-17,20H2,1-7H3. The summed E-state index contributed by atoms with van der Waals surface area (Å²) in [5.74, 6) is 2.77. The van der Waals surface area contributed by atoms with E-state index in [1.54, 1.807) is 6.92 Å². The Kier molecular flexibility index (Phi) is 8.93. The Morgan fingerprint density at radius 3 is 2.54 bits per heavy atom. The second-order valence-electron chi connectivity index (χ2n) is 12.1. The van der Waals surface area contributed by atoms with Crippen molar-refractivity contribution in [1.29, 1.82) is 0 Å². The lowest BCUT2D eigenvalue weighted by molar-refractivity contribution is -0.117. The molecule has 0 N–H and O–H groups in total. The number of hydrogen-bond donors (Lipinski definition) is 0. The lowest BCUT2D eigenvalue weighted by Crippen LogP contribution is -2.51. The van der Waals surface area contributed by atoms with Gasteiger partial charge in [-0.05, 0) is 110 Å². The molecule has 3 heteroatoms. The molecule has 2 aromatic rings. The Hall–Kier alpha value is -2.42. The van der Waals surface area contributed by atoms with Gasteiger partial charge in [-0.1, -0.05) is 65.7 Å². The zero-order valence-corrected chi connectivity index (χ0v) is 24.3. The Labute approximate surface area is 225 Å². The van der Waals surface area contributed by atoms with E-state index in [2.05, 4.69) is 88.9 Å². The summed E-state index contributed by atoms with van der Waals surface area (Å²) >= 11 is 0. The van der Waals surface area contributed by atoms with Crippen LogP contribution in [0.1, 0.15) is 109 Å². The molecular formula is C34H48N2O. The minimum absolute atomic E-state index is 0.185. The molecule has 2 aliphatic rings. The number of amides is 1. The van der Waals surface area contributed by atoms with Gasteiger partial charge in [0.25, 0.3) is 0 Å². The van der Waals surface area contributed by atoms with Crippen LogP contribution in [0.2, 0.25) is 0 Å². The van der Waals surface area contributed by atoms with Crippen molar-refractivity contribution in [3.05, 3.63) is 65.0 Å². The van der Waals surface area contributed by atoms with Crippen LogP contribution in [0.4, 0.5) is 5.69 Å². The maximum atomic E-state index is 13.1. The third-order valence-electron chi connectivity index (χ3n) is 8.94. The minimum Gasteiger partial charge on any atom is -0.309 e. The second kappa shape index (κ2) is 12.0. The van der Waals surface area contributed by atoms with Crippen LogP contribution in [0.3, 0.4) is 0 Å². The fourth-order valence-corrected chi connectivity index (χ4v) is 6.73. The van der Waals surface area contributed by atoms with Crippen LogP contribution in [0, 0.1) is 30.6 Å². The number of carbonyl (C=O) groups excluding carboxylic acids is 1. The van der Waals surface area contributed by atoms with Gasteiger partial charge < -0.3 is 4.90 Å². The molecule has 1 saturated carbocycles. The number of hydrogen-bond acceptors (Lipinski definition) is 2. The molecule has 0 radical (unpaired) electrons. The Balaban J connectivity index is 1.79. The van der Waals surface area contributed by atoms with Gasteiger partial charge in [-0.25, -0.2) is 0 Å². The number of anilines is 1. The monoisotopic (exact) mass is 500 g/mol. The van der Waals surface area contributed by atoms with Crippen molar-refractivity contribution in [2.75, 3.05) is 4.90 Å². The zero-order valence-electron chi connectivity index (χ0n) is 24.3. The first-order valence-corrected chi connectivity index (χ1v) is 14.8. The van der Waals surface area contributed by atoms with Gasteiger partial charge in [0.2, 0.25) is 5.91 Å². The lowest BCUT2D eigenvalue weighted by atomic mass is 9.68. The highest BCUT2D eigenvalue weighted by Crippen LogP contribution is 2.53. The number of aryl methyl sites for hydroxylation is 1. The highest BCUT2D eigenvalue weighted by molar-refractivity contribution is 5.94. The van der Waals surface area contributed by atoms with Crippen molar-refractivity contribution in [3.8, 4) is 0 Å². The van der Waals surface area contributed by atoms with E-state index in [-0.39, 0.29) is 5.91 Å². The van der Waals surface area contributed by atoms with E-state index in [0.29, 0.717) is 35.6 Å². The Morgan fingerprint density at radius 1 is 1.16 bits per heavy atom. The van der Waals surface area contributed by atoms with Crippen molar-refractivity contribution in [2.24, 2.45) is 23.7 Å². The first kappa shape index (κ1) is 27.6. The van der Waals surface area contributed by atoms with Gasteiger partial charge in [-0.15, -0.1) is 0 Å². The van der Waals surface area contributed by atoms with Gasteiger partial charge in [-0.3, -0.25) is 9.78 Å². The average molecular weight is 501 g/mol. The highest BCUT2D eigenvalue weighted by atomic mass is 16.2. The van der Waals surface area contributed by atoms with Gasteiger partial charge in [0.05, 0.1) is 0 Å². The van der Waals surface area contributed by atoms with Crippen molar-refractivity contribution >= 4 is 17.2 Å². The largest absolute Gasteiger partial charge is 0.309 e. The summed E-state index contributed by atoms with van der Waals surface area (Å²) in [6.45, 7) is 15.5. The molecule has 5 atom stereocenters. The lowest BCUT2D eigenvalue weighted by Gasteiger charge is -2.47. The van der Waals surface area contributed by atoms with E-state index in [0.717, 1.165) is 37.1 Å². The molecule has 0 saturated heterocycles. The molecule has 37 heavy (non-hydrogen) atoms. The molecule has 1 aromatic heterocycles. The van der Waals surface area contributed by atoms with Gasteiger partial charge in [-0.2, -0.15) is 0 Å². The third kappa shape index (κ3) is 6.19. The summed E-state index contributed by atoms with van der Waals surface area (Å²) in [4.78, 5) is 20.1. The van der Waals surface area contributed by atoms with Crippen LogP contribution in [0.25, 0.3) is 5.57 Å². The normalized spacial score (nSPS) is 23.5. The van der Waals surface area contributed by atoms with E-state index in [1.165, 1.54) is 41.7 Å². The number of benzene rings is 1. The summed E-state index contributed by atoms with van der Waals surface area (Å²) < 4.78 is 0. The van der Waals surface area contributed by atoms with Crippen molar-refractivity contribution in [3.63, 3.8) is 0 Å². The number of carbonyl (C=O) groups is 1. The van der Waals surface area contributed by atoms with Gasteiger partial charge in [0, 0.05) is 30.0 Å². The number of pyridine rings is 1. The van der Waals surface area contributed by atoms with Crippen LogP contribution in [-0.2, 0) is 11.2 Å². The molecule has 0 bridgehead atoms. The molecule has 0 spiro atoms. The molecule has 4 rings (SSSR count). The van der Waals surface area contributed by atoms with E-state index in [1.807, 2.05) is 0 Å². The second-order valence-corrected chi connectivity index (χ2v) is 12.1. The third-order valence-corrected chi connectivity index (χ3v) is 8.94. The van der Waals surface area contributed by atoms with E-state index in [4.69, 9.17) is 4.98 Å². The first-order valence-electron chi connectivity index (χ1n) is 14.8. The maximum absolute atomic E-state index is 13.1. The minimum atomic E-state index is 0.185. The predicted molar refractivity (Wildman–Crippen MR) is 157 cm³/mol.